The molecule has 0 atom stereocenters. The summed E-state index contributed by atoms with van der Waals surface area (Å²) in [5.74, 6) is -1.21. The number of aromatic carboxylic acids is 1. The molecule has 7 nitrogen and oxygen atoms in total. The van der Waals surface area contributed by atoms with Crippen LogP contribution in [-0.4, -0.2) is 48.5 Å². The van der Waals surface area contributed by atoms with Crippen molar-refractivity contribution in [3.63, 3.8) is 0 Å². The molecule has 0 amide bonds. The van der Waals surface area contributed by atoms with Gasteiger partial charge in [0.05, 0.1) is 23.6 Å². The van der Waals surface area contributed by atoms with Crippen LogP contribution in [0.5, 0.6) is 0 Å². The Balaban J connectivity index is 3.18. The van der Waals surface area contributed by atoms with Crippen molar-refractivity contribution in [1.29, 1.82) is 0 Å². The Kier molecular flexibility index (Phi) is 4.69. The van der Waals surface area contributed by atoms with Gasteiger partial charge in [-0.05, 0) is 19.9 Å². The lowest BCUT2D eigenvalue weighted by Crippen LogP contribution is -2.51. The Morgan fingerprint density at radius 1 is 1.42 bits per heavy atom. The Morgan fingerprint density at radius 2 is 1.95 bits per heavy atom. The van der Waals surface area contributed by atoms with Crippen molar-refractivity contribution in [1.82, 2.24) is 4.72 Å². The lowest BCUT2D eigenvalue weighted by molar-refractivity contribution is 0.0702. The summed E-state index contributed by atoms with van der Waals surface area (Å²) in [6.07, 6.45) is 0. The van der Waals surface area contributed by atoms with Gasteiger partial charge in [-0.1, -0.05) is 0 Å². The molecular formula is C10H15NO6S2. The van der Waals surface area contributed by atoms with Gasteiger partial charge in [-0.15, -0.1) is 11.3 Å². The van der Waals surface area contributed by atoms with Crippen molar-refractivity contribution >= 4 is 27.3 Å². The van der Waals surface area contributed by atoms with Gasteiger partial charge in [0.15, 0.2) is 0 Å². The maximum Gasteiger partial charge on any atom is 0.345 e. The summed E-state index contributed by atoms with van der Waals surface area (Å²) in [6, 6.07) is 1.06. The van der Waals surface area contributed by atoms with Gasteiger partial charge in [-0.3, -0.25) is 0 Å². The SMILES string of the molecule is Cc1sc(C(=O)O)cc1S(=O)(=O)NC(C)(CO)CO. The molecule has 1 aromatic rings. The number of aliphatic hydroxyl groups is 2. The summed E-state index contributed by atoms with van der Waals surface area (Å²) in [6.45, 7) is 1.65. The van der Waals surface area contributed by atoms with Gasteiger partial charge >= 0.3 is 5.97 Å². The maximum absolute atomic E-state index is 12.1. The second-order valence-electron chi connectivity index (χ2n) is 4.32. The van der Waals surface area contributed by atoms with Crippen molar-refractivity contribution in [2.75, 3.05) is 13.2 Å². The zero-order chi connectivity index (χ0) is 14.8. The summed E-state index contributed by atoms with van der Waals surface area (Å²) in [5, 5.41) is 27.0. The predicted molar refractivity (Wildman–Crippen MR) is 68.9 cm³/mol. The monoisotopic (exact) mass is 309 g/mol. The van der Waals surface area contributed by atoms with E-state index in [1.165, 1.54) is 13.8 Å². The number of hydrogen-bond donors (Lipinski definition) is 4. The molecule has 108 valence electrons. The van der Waals surface area contributed by atoms with Gasteiger partial charge in [0.1, 0.15) is 4.88 Å². The van der Waals surface area contributed by atoms with E-state index in [1.807, 2.05) is 0 Å². The molecule has 0 unspecified atom stereocenters. The normalized spacial score (nSPS) is 12.6. The van der Waals surface area contributed by atoms with Crippen LogP contribution in [0.1, 0.15) is 21.5 Å². The molecule has 0 bridgehead atoms. The molecule has 4 N–H and O–H groups in total. The number of rotatable bonds is 6. The number of carboxylic acid groups (broad SMARTS) is 1. The van der Waals surface area contributed by atoms with E-state index < -0.39 is 34.7 Å². The summed E-state index contributed by atoms with van der Waals surface area (Å²) in [7, 11) is -4.01. The van der Waals surface area contributed by atoms with E-state index in [-0.39, 0.29) is 9.77 Å². The van der Waals surface area contributed by atoms with E-state index in [9.17, 15) is 13.2 Å². The Labute approximate surface area is 114 Å². The number of hydrogen-bond acceptors (Lipinski definition) is 6. The van der Waals surface area contributed by atoms with Gasteiger partial charge in [-0.25, -0.2) is 17.9 Å². The van der Waals surface area contributed by atoms with Crippen LogP contribution in [0.25, 0.3) is 0 Å². The summed E-state index contributed by atoms with van der Waals surface area (Å²) < 4.78 is 26.4. The molecule has 1 aromatic heterocycles. The molecule has 9 heteroatoms. The second-order valence-corrected chi connectivity index (χ2v) is 7.23. The first-order chi connectivity index (χ1) is 8.65. The third kappa shape index (κ3) is 3.51. The summed E-state index contributed by atoms with van der Waals surface area (Å²) in [4.78, 5) is 10.9. The largest absolute Gasteiger partial charge is 0.477 e. The Hall–Kier alpha value is -1.00. The van der Waals surface area contributed by atoms with Gasteiger partial charge in [0.2, 0.25) is 10.0 Å². The molecular weight excluding hydrogens is 294 g/mol. The molecule has 0 saturated heterocycles. The lowest BCUT2D eigenvalue weighted by atomic mass is 10.1. The van der Waals surface area contributed by atoms with E-state index in [0.717, 1.165) is 17.4 Å². The standard InChI is InChI=1S/C10H15NO6S2/c1-6-8(3-7(18-6)9(14)15)19(16,17)11-10(2,4-12)5-13/h3,11-13H,4-5H2,1-2H3,(H,14,15). The topological polar surface area (TPSA) is 124 Å². The molecule has 0 aliphatic rings. The van der Waals surface area contributed by atoms with Crippen LogP contribution in [0, 0.1) is 6.92 Å². The fourth-order valence-corrected chi connectivity index (χ4v) is 4.15. The van der Waals surface area contributed by atoms with Crippen molar-refractivity contribution in [2.24, 2.45) is 0 Å². The smallest absolute Gasteiger partial charge is 0.345 e. The highest BCUT2D eigenvalue weighted by Crippen LogP contribution is 2.26. The molecule has 1 rings (SSSR count). The van der Waals surface area contributed by atoms with Crippen LogP contribution in [0.15, 0.2) is 11.0 Å². The summed E-state index contributed by atoms with van der Waals surface area (Å²) in [5.41, 5.74) is -1.41. The van der Waals surface area contributed by atoms with Crippen LogP contribution in [0.3, 0.4) is 0 Å². The van der Waals surface area contributed by atoms with E-state index in [1.54, 1.807) is 0 Å². The minimum Gasteiger partial charge on any atom is -0.477 e. The van der Waals surface area contributed by atoms with Gasteiger partial charge in [0.25, 0.3) is 0 Å². The van der Waals surface area contributed by atoms with Crippen molar-refractivity contribution in [2.45, 2.75) is 24.3 Å². The highest BCUT2D eigenvalue weighted by Gasteiger charge is 2.31. The van der Waals surface area contributed by atoms with Crippen molar-refractivity contribution in [3.8, 4) is 0 Å². The van der Waals surface area contributed by atoms with Crippen LogP contribution in [-0.2, 0) is 10.0 Å². The van der Waals surface area contributed by atoms with Crippen LogP contribution < -0.4 is 4.72 Å². The molecule has 19 heavy (non-hydrogen) atoms. The fourth-order valence-electron chi connectivity index (χ4n) is 1.33. The molecule has 0 aromatic carbocycles. The minimum atomic E-state index is -4.01. The molecule has 1 heterocycles. The number of thiophene rings is 1. The number of carboxylic acids is 1. The first-order valence-corrected chi connectivity index (χ1v) is 7.54. The van der Waals surface area contributed by atoms with E-state index >= 15 is 0 Å². The van der Waals surface area contributed by atoms with Crippen LogP contribution >= 0.6 is 11.3 Å². The molecule has 0 saturated carbocycles. The number of aliphatic hydroxyl groups excluding tert-OH is 2. The van der Waals surface area contributed by atoms with Crippen molar-refractivity contribution < 1.29 is 28.5 Å². The number of aryl methyl sites for hydroxylation is 1. The molecule has 0 aliphatic heterocycles. The zero-order valence-electron chi connectivity index (χ0n) is 10.4. The summed E-state index contributed by atoms with van der Waals surface area (Å²) >= 11 is 0.847. The molecule has 0 fully saturated rings. The van der Waals surface area contributed by atoms with Gasteiger partial charge < -0.3 is 15.3 Å². The minimum absolute atomic E-state index is 0.0902. The van der Waals surface area contributed by atoms with E-state index in [0.29, 0.717) is 4.88 Å². The Bertz CT molecular complexity index is 573. The first-order valence-electron chi connectivity index (χ1n) is 5.24. The average molecular weight is 309 g/mol. The zero-order valence-corrected chi connectivity index (χ0v) is 12.0. The Morgan fingerprint density at radius 3 is 2.32 bits per heavy atom. The number of sulfonamides is 1. The van der Waals surface area contributed by atoms with Gasteiger partial charge in [-0.2, -0.15) is 0 Å². The highest BCUT2D eigenvalue weighted by molar-refractivity contribution is 7.89. The van der Waals surface area contributed by atoms with E-state index in [2.05, 4.69) is 4.72 Å². The van der Waals surface area contributed by atoms with E-state index in [4.69, 9.17) is 15.3 Å². The third-order valence-corrected chi connectivity index (χ3v) is 5.38. The first kappa shape index (κ1) is 16.1. The van der Waals surface area contributed by atoms with Crippen LogP contribution in [0.2, 0.25) is 0 Å². The quantitative estimate of drug-likeness (QED) is 0.576. The average Bonchev–Trinajstić information content (AvgIpc) is 2.71. The van der Waals surface area contributed by atoms with Crippen molar-refractivity contribution in [3.05, 3.63) is 15.8 Å². The fraction of sp³-hybridized carbons (Fsp3) is 0.500. The predicted octanol–water partition coefficient (Wildman–Crippen LogP) is -0.224. The maximum atomic E-state index is 12.1. The lowest BCUT2D eigenvalue weighted by Gasteiger charge is -2.25. The van der Waals surface area contributed by atoms with Crippen LogP contribution in [0.4, 0.5) is 0 Å². The molecule has 0 aliphatic carbocycles. The second kappa shape index (κ2) is 5.55. The number of nitrogens with one attached hydrogen (secondary N) is 1. The third-order valence-electron chi connectivity index (χ3n) is 2.45. The highest BCUT2D eigenvalue weighted by atomic mass is 32.2. The molecule has 0 spiro atoms. The molecule has 0 radical (unpaired) electrons. The number of carbonyl (C=O) groups is 1. The van der Waals surface area contributed by atoms with Gasteiger partial charge in [0, 0.05) is 4.88 Å².